The van der Waals surface area contributed by atoms with Crippen LogP contribution in [0.5, 0.6) is 0 Å². The molecule has 0 bridgehead atoms. The van der Waals surface area contributed by atoms with Crippen LogP contribution >= 0.6 is 11.6 Å². The molecule has 0 aliphatic rings. The van der Waals surface area contributed by atoms with Gasteiger partial charge in [-0.3, -0.25) is 0 Å². The molecule has 0 saturated carbocycles. The number of carboxylic acids is 1. The van der Waals surface area contributed by atoms with Gasteiger partial charge in [-0.25, -0.2) is 9.48 Å². The maximum atomic E-state index is 11.4. The largest absolute Gasteiger partial charge is 0.476 e. The average Bonchev–Trinajstić information content (AvgIpc) is 2.92. The van der Waals surface area contributed by atoms with Gasteiger partial charge in [0.05, 0.1) is 6.54 Å². The molecule has 0 radical (unpaired) electrons. The fourth-order valence-electron chi connectivity index (χ4n) is 2.37. The molecular weight excluding hydrogens is 314 g/mol. The van der Waals surface area contributed by atoms with Crippen LogP contribution in [0.25, 0.3) is 11.3 Å². The van der Waals surface area contributed by atoms with Crippen molar-refractivity contribution in [2.24, 2.45) is 0 Å². The predicted molar refractivity (Wildman–Crippen MR) is 87.7 cm³/mol. The first-order valence-corrected chi connectivity index (χ1v) is 7.40. The Balaban J connectivity index is 2.07. The molecule has 1 N–H and O–H groups in total. The van der Waals surface area contributed by atoms with Crippen LogP contribution in [0.3, 0.4) is 0 Å². The summed E-state index contributed by atoms with van der Waals surface area (Å²) >= 11 is 6.00. The second-order valence-corrected chi connectivity index (χ2v) is 5.68. The van der Waals surface area contributed by atoms with E-state index in [0.29, 0.717) is 17.3 Å². The Kier molecular flexibility index (Phi) is 4.12. The normalized spacial score (nSPS) is 10.7. The van der Waals surface area contributed by atoms with Crippen LogP contribution in [-0.4, -0.2) is 26.1 Å². The van der Waals surface area contributed by atoms with Gasteiger partial charge in [-0.2, -0.15) is 0 Å². The molecule has 0 unspecified atom stereocenters. The summed E-state index contributed by atoms with van der Waals surface area (Å²) in [6.45, 7) is 2.37. The van der Waals surface area contributed by atoms with E-state index in [0.717, 1.165) is 16.7 Å². The van der Waals surface area contributed by atoms with Crippen molar-refractivity contribution in [3.05, 3.63) is 70.4 Å². The number of carbonyl (C=O) groups is 1. The Hall–Kier alpha value is -2.66. The van der Waals surface area contributed by atoms with Crippen molar-refractivity contribution in [3.8, 4) is 11.3 Å². The Morgan fingerprint density at radius 2 is 1.96 bits per heavy atom. The SMILES string of the molecule is Cc1ccc(-c2c(C(=O)O)nnn2Cc2cccc(Cl)c2)cc1. The molecular formula is C17H14ClN3O2. The molecule has 0 aliphatic heterocycles. The smallest absolute Gasteiger partial charge is 0.358 e. The van der Waals surface area contributed by atoms with Crippen molar-refractivity contribution < 1.29 is 9.90 Å². The molecule has 0 atom stereocenters. The lowest BCUT2D eigenvalue weighted by Gasteiger charge is -2.08. The number of hydrogen-bond donors (Lipinski definition) is 1. The molecule has 3 aromatic rings. The van der Waals surface area contributed by atoms with Gasteiger partial charge < -0.3 is 5.11 Å². The van der Waals surface area contributed by atoms with Crippen LogP contribution in [0.4, 0.5) is 0 Å². The van der Waals surface area contributed by atoms with E-state index in [1.165, 1.54) is 0 Å². The second-order valence-electron chi connectivity index (χ2n) is 5.25. The summed E-state index contributed by atoms with van der Waals surface area (Å²) in [4.78, 5) is 11.4. The van der Waals surface area contributed by atoms with Crippen molar-refractivity contribution in [2.45, 2.75) is 13.5 Å². The van der Waals surface area contributed by atoms with E-state index >= 15 is 0 Å². The molecule has 0 amide bonds. The van der Waals surface area contributed by atoms with Gasteiger partial charge in [-0.1, -0.05) is 58.8 Å². The lowest BCUT2D eigenvalue weighted by atomic mass is 10.1. The van der Waals surface area contributed by atoms with Gasteiger partial charge in [0.1, 0.15) is 5.69 Å². The lowest BCUT2D eigenvalue weighted by Crippen LogP contribution is -2.06. The second kappa shape index (κ2) is 6.22. The number of aromatic nitrogens is 3. The molecule has 0 fully saturated rings. The van der Waals surface area contributed by atoms with Crippen LogP contribution in [0.2, 0.25) is 5.02 Å². The first-order valence-electron chi connectivity index (χ1n) is 7.03. The van der Waals surface area contributed by atoms with E-state index in [1.54, 1.807) is 10.7 Å². The Labute approximate surface area is 138 Å². The molecule has 0 spiro atoms. The molecule has 116 valence electrons. The molecule has 0 aliphatic carbocycles. The summed E-state index contributed by atoms with van der Waals surface area (Å²) in [6, 6.07) is 15.0. The van der Waals surface area contributed by atoms with E-state index in [9.17, 15) is 9.90 Å². The lowest BCUT2D eigenvalue weighted by molar-refractivity contribution is 0.0691. The molecule has 5 nitrogen and oxygen atoms in total. The molecule has 23 heavy (non-hydrogen) atoms. The quantitative estimate of drug-likeness (QED) is 0.794. The highest BCUT2D eigenvalue weighted by Crippen LogP contribution is 2.24. The third-order valence-electron chi connectivity index (χ3n) is 3.48. The van der Waals surface area contributed by atoms with E-state index in [2.05, 4.69) is 10.3 Å². The average molecular weight is 328 g/mol. The van der Waals surface area contributed by atoms with Crippen LogP contribution in [-0.2, 0) is 6.54 Å². The van der Waals surface area contributed by atoms with Crippen molar-refractivity contribution in [1.82, 2.24) is 15.0 Å². The highest BCUT2D eigenvalue weighted by Gasteiger charge is 2.20. The molecule has 0 saturated heterocycles. The zero-order valence-electron chi connectivity index (χ0n) is 12.4. The Morgan fingerprint density at radius 1 is 1.22 bits per heavy atom. The number of benzene rings is 2. The Bertz CT molecular complexity index is 857. The minimum absolute atomic E-state index is 0.0594. The van der Waals surface area contributed by atoms with Gasteiger partial charge in [0.2, 0.25) is 0 Å². The molecule has 2 aromatic carbocycles. The standard InChI is InChI=1S/C17H14ClN3O2/c1-11-5-7-13(8-6-11)16-15(17(22)23)19-20-21(16)10-12-3-2-4-14(18)9-12/h2-9H,10H2,1H3,(H,22,23). The monoisotopic (exact) mass is 327 g/mol. The van der Waals surface area contributed by atoms with Gasteiger partial charge in [0, 0.05) is 10.6 Å². The number of aromatic carboxylic acids is 1. The van der Waals surface area contributed by atoms with E-state index < -0.39 is 5.97 Å². The van der Waals surface area contributed by atoms with Crippen molar-refractivity contribution in [3.63, 3.8) is 0 Å². The van der Waals surface area contributed by atoms with Crippen LogP contribution in [0.1, 0.15) is 21.6 Å². The van der Waals surface area contributed by atoms with E-state index in [1.807, 2.05) is 49.4 Å². The van der Waals surface area contributed by atoms with Crippen LogP contribution < -0.4 is 0 Å². The summed E-state index contributed by atoms with van der Waals surface area (Å²) < 4.78 is 1.58. The number of nitrogens with zero attached hydrogens (tertiary/aromatic N) is 3. The van der Waals surface area contributed by atoms with E-state index in [4.69, 9.17) is 11.6 Å². The minimum Gasteiger partial charge on any atom is -0.476 e. The van der Waals surface area contributed by atoms with Gasteiger partial charge in [-0.15, -0.1) is 5.10 Å². The fourth-order valence-corrected chi connectivity index (χ4v) is 2.59. The first kappa shape index (κ1) is 15.2. The summed E-state index contributed by atoms with van der Waals surface area (Å²) in [5, 5.41) is 17.8. The number of rotatable bonds is 4. The highest BCUT2D eigenvalue weighted by atomic mass is 35.5. The Morgan fingerprint density at radius 3 is 2.61 bits per heavy atom. The number of carboxylic acid groups (broad SMARTS) is 1. The van der Waals surface area contributed by atoms with Crippen LogP contribution in [0.15, 0.2) is 48.5 Å². The number of hydrogen-bond acceptors (Lipinski definition) is 3. The van der Waals surface area contributed by atoms with Crippen molar-refractivity contribution in [1.29, 1.82) is 0 Å². The zero-order chi connectivity index (χ0) is 16.4. The summed E-state index contributed by atoms with van der Waals surface area (Å²) in [5.41, 5.74) is 3.21. The van der Waals surface area contributed by atoms with Crippen molar-refractivity contribution in [2.75, 3.05) is 0 Å². The molecule has 1 aromatic heterocycles. The number of halogens is 1. The van der Waals surface area contributed by atoms with Gasteiger partial charge >= 0.3 is 5.97 Å². The van der Waals surface area contributed by atoms with E-state index in [-0.39, 0.29) is 5.69 Å². The van der Waals surface area contributed by atoms with Gasteiger partial charge in [0.25, 0.3) is 0 Å². The van der Waals surface area contributed by atoms with Crippen molar-refractivity contribution >= 4 is 17.6 Å². The van der Waals surface area contributed by atoms with Crippen LogP contribution in [0, 0.1) is 6.92 Å². The predicted octanol–water partition coefficient (Wildman–Crippen LogP) is 3.65. The maximum Gasteiger partial charge on any atom is 0.358 e. The molecule has 1 heterocycles. The topological polar surface area (TPSA) is 68.0 Å². The van der Waals surface area contributed by atoms with Gasteiger partial charge in [0.15, 0.2) is 5.69 Å². The summed E-state index contributed by atoms with van der Waals surface area (Å²) in [5.74, 6) is -1.10. The molecule has 6 heteroatoms. The van der Waals surface area contributed by atoms with Gasteiger partial charge in [-0.05, 0) is 24.6 Å². The zero-order valence-corrected chi connectivity index (χ0v) is 13.2. The summed E-state index contributed by atoms with van der Waals surface area (Å²) in [6.07, 6.45) is 0. The highest BCUT2D eigenvalue weighted by molar-refractivity contribution is 6.30. The minimum atomic E-state index is -1.10. The third-order valence-corrected chi connectivity index (χ3v) is 3.72. The number of aryl methyl sites for hydroxylation is 1. The summed E-state index contributed by atoms with van der Waals surface area (Å²) in [7, 11) is 0. The third kappa shape index (κ3) is 3.24. The molecule has 3 rings (SSSR count). The maximum absolute atomic E-state index is 11.4. The fraction of sp³-hybridized carbons (Fsp3) is 0.118. The first-order chi connectivity index (χ1) is 11.0.